The van der Waals surface area contributed by atoms with Crippen molar-refractivity contribution in [2.45, 2.75) is 33.6 Å². The van der Waals surface area contributed by atoms with E-state index in [1.807, 2.05) is 51.1 Å². The molecule has 140 valence electrons. The van der Waals surface area contributed by atoms with Gasteiger partial charge < -0.3 is 10.1 Å². The Morgan fingerprint density at radius 2 is 1.70 bits per heavy atom. The molecule has 3 rings (SSSR count). The number of aryl methyl sites for hydroxylation is 2. The van der Waals surface area contributed by atoms with E-state index in [1.165, 1.54) is 5.56 Å². The number of hydrogen-bond donors (Lipinski definition) is 1. The van der Waals surface area contributed by atoms with E-state index in [0.29, 0.717) is 24.5 Å². The number of carbonyl (C=O) groups excluding carboxylic acids is 1. The van der Waals surface area contributed by atoms with E-state index in [9.17, 15) is 4.79 Å². The first-order valence-electron chi connectivity index (χ1n) is 9.32. The molecule has 0 aliphatic carbocycles. The third kappa shape index (κ3) is 4.61. The minimum absolute atomic E-state index is 0.243. The standard InChI is InChI=1S/C22H25N3O2/c1-4-12-27-22(26)20-21(23-11-10-17-8-6-5-7-9-17)25-19-14-16(3)15(2)13-18(19)24-20/h5-9,13-14H,4,10-12H2,1-3H3,(H,23,25). The number of benzene rings is 2. The second-order valence-electron chi connectivity index (χ2n) is 6.64. The second-order valence-corrected chi connectivity index (χ2v) is 6.64. The summed E-state index contributed by atoms with van der Waals surface area (Å²) in [6.45, 7) is 7.06. The van der Waals surface area contributed by atoms with Crippen LogP contribution in [-0.2, 0) is 11.2 Å². The van der Waals surface area contributed by atoms with Crippen LogP contribution in [0.5, 0.6) is 0 Å². The normalized spacial score (nSPS) is 10.8. The molecular weight excluding hydrogens is 338 g/mol. The van der Waals surface area contributed by atoms with E-state index in [2.05, 4.69) is 27.4 Å². The molecule has 1 N–H and O–H groups in total. The highest BCUT2D eigenvalue weighted by Gasteiger charge is 2.18. The second kappa shape index (κ2) is 8.62. The molecule has 1 aromatic heterocycles. The maximum absolute atomic E-state index is 12.5. The zero-order chi connectivity index (χ0) is 19.2. The number of aromatic nitrogens is 2. The van der Waals surface area contributed by atoms with Crippen molar-refractivity contribution in [1.29, 1.82) is 0 Å². The van der Waals surface area contributed by atoms with Gasteiger partial charge in [0.15, 0.2) is 11.5 Å². The summed E-state index contributed by atoms with van der Waals surface area (Å²) >= 11 is 0. The predicted molar refractivity (Wildman–Crippen MR) is 108 cm³/mol. The average Bonchev–Trinajstić information content (AvgIpc) is 2.67. The van der Waals surface area contributed by atoms with Gasteiger partial charge in [-0.25, -0.2) is 14.8 Å². The third-order valence-electron chi connectivity index (χ3n) is 4.46. The SMILES string of the molecule is CCCOC(=O)c1nc2cc(C)c(C)cc2nc1NCCc1ccccc1. The van der Waals surface area contributed by atoms with Gasteiger partial charge in [-0.2, -0.15) is 0 Å². The zero-order valence-corrected chi connectivity index (χ0v) is 16.1. The van der Waals surface area contributed by atoms with E-state index >= 15 is 0 Å². The average molecular weight is 363 g/mol. The van der Waals surface area contributed by atoms with Crippen molar-refractivity contribution in [2.75, 3.05) is 18.5 Å². The number of hydrogen-bond acceptors (Lipinski definition) is 5. The molecule has 0 saturated carbocycles. The third-order valence-corrected chi connectivity index (χ3v) is 4.46. The van der Waals surface area contributed by atoms with Crippen molar-refractivity contribution in [3.63, 3.8) is 0 Å². The van der Waals surface area contributed by atoms with Crippen LogP contribution in [-0.4, -0.2) is 29.1 Å². The summed E-state index contributed by atoms with van der Waals surface area (Å²) < 4.78 is 5.30. The molecule has 1 heterocycles. The first-order chi connectivity index (χ1) is 13.1. The largest absolute Gasteiger partial charge is 0.461 e. The fourth-order valence-corrected chi connectivity index (χ4v) is 2.81. The van der Waals surface area contributed by atoms with Crippen LogP contribution in [0.4, 0.5) is 5.82 Å². The minimum Gasteiger partial charge on any atom is -0.461 e. The summed E-state index contributed by atoms with van der Waals surface area (Å²) in [5.74, 6) is 0.0366. The monoisotopic (exact) mass is 363 g/mol. The van der Waals surface area contributed by atoms with Crippen LogP contribution in [0.1, 0.15) is 40.5 Å². The Morgan fingerprint density at radius 1 is 1.04 bits per heavy atom. The van der Waals surface area contributed by atoms with Gasteiger partial charge in [-0.3, -0.25) is 0 Å². The molecule has 0 saturated heterocycles. The Kier molecular flexibility index (Phi) is 6.01. The molecule has 0 radical (unpaired) electrons. The van der Waals surface area contributed by atoms with Crippen molar-refractivity contribution >= 4 is 22.8 Å². The summed E-state index contributed by atoms with van der Waals surface area (Å²) in [6, 6.07) is 14.2. The summed E-state index contributed by atoms with van der Waals surface area (Å²) in [5, 5.41) is 3.27. The van der Waals surface area contributed by atoms with E-state index in [4.69, 9.17) is 4.74 Å². The van der Waals surface area contributed by atoms with Crippen LogP contribution in [0.25, 0.3) is 11.0 Å². The van der Waals surface area contributed by atoms with Gasteiger partial charge in [-0.05, 0) is 55.5 Å². The van der Waals surface area contributed by atoms with E-state index in [0.717, 1.165) is 29.5 Å². The van der Waals surface area contributed by atoms with Gasteiger partial charge in [0, 0.05) is 6.54 Å². The van der Waals surface area contributed by atoms with Gasteiger partial charge in [-0.15, -0.1) is 0 Å². The number of ether oxygens (including phenoxy) is 1. The first-order valence-corrected chi connectivity index (χ1v) is 9.32. The molecule has 0 unspecified atom stereocenters. The van der Waals surface area contributed by atoms with Gasteiger partial charge in [0.25, 0.3) is 0 Å². The van der Waals surface area contributed by atoms with Crippen LogP contribution in [0, 0.1) is 13.8 Å². The Bertz CT molecular complexity index is 939. The number of nitrogens with one attached hydrogen (secondary N) is 1. The van der Waals surface area contributed by atoms with Crippen LogP contribution in [0.3, 0.4) is 0 Å². The number of esters is 1. The van der Waals surface area contributed by atoms with Crippen molar-refractivity contribution in [1.82, 2.24) is 9.97 Å². The molecule has 0 atom stereocenters. The highest BCUT2D eigenvalue weighted by Crippen LogP contribution is 2.21. The Balaban J connectivity index is 1.89. The van der Waals surface area contributed by atoms with Gasteiger partial charge in [-0.1, -0.05) is 37.3 Å². The molecule has 3 aromatic rings. The van der Waals surface area contributed by atoms with Crippen LogP contribution < -0.4 is 5.32 Å². The van der Waals surface area contributed by atoms with Crippen molar-refractivity contribution in [3.8, 4) is 0 Å². The number of rotatable bonds is 7. The minimum atomic E-state index is -0.438. The fourth-order valence-electron chi connectivity index (χ4n) is 2.81. The molecule has 5 nitrogen and oxygen atoms in total. The molecule has 0 spiro atoms. The Labute approximate surface area is 159 Å². The maximum atomic E-state index is 12.5. The van der Waals surface area contributed by atoms with E-state index in [1.54, 1.807) is 0 Å². The quantitative estimate of drug-likeness (QED) is 0.628. The lowest BCUT2D eigenvalue weighted by Gasteiger charge is -2.12. The lowest BCUT2D eigenvalue weighted by atomic mass is 10.1. The highest BCUT2D eigenvalue weighted by atomic mass is 16.5. The van der Waals surface area contributed by atoms with Crippen LogP contribution in [0.2, 0.25) is 0 Å². The van der Waals surface area contributed by atoms with Crippen LogP contribution >= 0.6 is 0 Å². The molecule has 0 fully saturated rings. The van der Waals surface area contributed by atoms with E-state index < -0.39 is 5.97 Å². The molecule has 0 amide bonds. The topological polar surface area (TPSA) is 64.1 Å². The maximum Gasteiger partial charge on any atom is 0.360 e. The van der Waals surface area contributed by atoms with Crippen molar-refractivity contribution in [3.05, 3.63) is 64.8 Å². The lowest BCUT2D eigenvalue weighted by molar-refractivity contribution is 0.0499. The number of nitrogens with zero attached hydrogens (tertiary/aromatic N) is 2. The molecule has 5 heteroatoms. The van der Waals surface area contributed by atoms with Gasteiger partial charge in [0.1, 0.15) is 0 Å². The summed E-state index contributed by atoms with van der Waals surface area (Å²) in [7, 11) is 0. The fraction of sp³-hybridized carbons (Fsp3) is 0.318. The Morgan fingerprint density at radius 3 is 2.37 bits per heavy atom. The van der Waals surface area contributed by atoms with Crippen molar-refractivity contribution in [2.24, 2.45) is 0 Å². The highest BCUT2D eigenvalue weighted by molar-refractivity contribution is 5.95. The Hall–Kier alpha value is -2.95. The van der Waals surface area contributed by atoms with Gasteiger partial charge >= 0.3 is 5.97 Å². The molecule has 0 bridgehead atoms. The molecular formula is C22H25N3O2. The molecule has 2 aromatic carbocycles. The zero-order valence-electron chi connectivity index (χ0n) is 16.1. The van der Waals surface area contributed by atoms with Crippen LogP contribution in [0.15, 0.2) is 42.5 Å². The number of fused-ring (bicyclic) bond motifs is 1. The van der Waals surface area contributed by atoms with Gasteiger partial charge in [0.2, 0.25) is 0 Å². The van der Waals surface area contributed by atoms with Gasteiger partial charge in [0.05, 0.1) is 17.6 Å². The number of carbonyl (C=O) groups is 1. The summed E-state index contributed by atoms with van der Waals surface area (Å²) in [6.07, 6.45) is 1.60. The van der Waals surface area contributed by atoms with E-state index in [-0.39, 0.29) is 5.69 Å². The first kappa shape index (κ1) is 18.8. The van der Waals surface area contributed by atoms with Crippen molar-refractivity contribution < 1.29 is 9.53 Å². The molecule has 0 aliphatic heterocycles. The lowest BCUT2D eigenvalue weighted by Crippen LogP contribution is -2.16. The smallest absolute Gasteiger partial charge is 0.360 e. The number of anilines is 1. The predicted octanol–water partition coefficient (Wildman–Crippen LogP) is 4.47. The summed E-state index contributed by atoms with van der Waals surface area (Å²) in [5.41, 5.74) is 5.21. The summed E-state index contributed by atoms with van der Waals surface area (Å²) in [4.78, 5) is 21.7. The molecule has 0 aliphatic rings. The molecule has 27 heavy (non-hydrogen) atoms.